The van der Waals surface area contributed by atoms with Crippen LogP contribution in [-0.4, -0.2) is 102 Å². The number of rotatable bonds is 12. The second kappa shape index (κ2) is 13.4. The predicted octanol–water partition coefficient (Wildman–Crippen LogP) is 5.27. The minimum absolute atomic E-state index is 0.572. The average molecular weight is 599 g/mol. The number of aromatic nitrogens is 8. The monoisotopic (exact) mass is 598 g/mol. The van der Waals surface area contributed by atoms with E-state index in [4.69, 9.17) is 29.9 Å². The molecule has 2 N–H and O–H groups in total. The van der Waals surface area contributed by atoms with Crippen LogP contribution in [-0.2, 0) is 0 Å². The summed E-state index contributed by atoms with van der Waals surface area (Å²) in [4.78, 5) is 46.0. The highest BCUT2D eigenvalue weighted by Crippen LogP contribution is 2.29. The second-order valence-corrected chi connectivity index (χ2v) is 10.6. The van der Waals surface area contributed by atoms with Crippen molar-refractivity contribution in [2.75, 3.05) is 62.2 Å². The number of nitrogens with zero attached hydrogens (tertiary/aromatic N) is 10. The first-order valence-electron chi connectivity index (χ1n) is 16.1. The van der Waals surface area contributed by atoms with E-state index in [9.17, 15) is 0 Å². The maximum atomic E-state index is 5.08. The summed E-state index contributed by atoms with van der Waals surface area (Å²) >= 11 is 0. The summed E-state index contributed by atoms with van der Waals surface area (Å²) < 4.78 is 0. The Labute approximate surface area is 260 Å². The second-order valence-electron chi connectivity index (χ2n) is 10.6. The van der Waals surface area contributed by atoms with Gasteiger partial charge in [0.15, 0.2) is 34.6 Å². The number of anilines is 2. The summed E-state index contributed by atoms with van der Waals surface area (Å²) in [5.41, 5.74) is 6.69. The molecule has 3 aromatic rings. The molecule has 0 spiro atoms. The Kier molecular flexibility index (Phi) is 9.46. The van der Waals surface area contributed by atoms with Crippen LogP contribution in [0.3, 0.4) is 0 Å². The van der Waals surface area contributed by atoms with Crippen molar-refractivity contribution >= 4 is 57.5 Å². The SMILES string of the molecule is CCN(CC)C1=Cc2nc1nc1nc(nc3cc(N(CC)CC)c(nc4cc(N(CC)CC)c(n2)[nH]4)[nH]3)C(N(CC)CC)=C1. The van der Waals surface area contributed by atoms with Crippen molar-refractivity contribution in [3.8, 4) is 0 Å². The van der Waals surface area contributed by atoms with Gasteiger partial charge in [-0.05, 0) is 55.4 Å². The molecule has 5 rings (SSSR count). The highest BCUT2D eigenvalue weighted by Gasteiger charge is 2.22. The third-order valence-corrected chi connectivity index (χ3v) is 8.28. The van der Waals surface area contributed by atoms with Gasteiger partial charge in [0.25, 0.3) is 0 Å². The minimum atomic E-state index is 0.572. The lowest BCUT2D eigenvalue weighted by molar-refractivity contribution is 0.441. The van der Waals surface area contributed by atoms with E-state index < -0.39 is 0 Å². The molecule has 44 heavy (non-hydrogen) atoms. The van der Waals surface area contributed by atoms with Crippen LogP contribution in [0.4, 0.5) is 11.4 Å². The Bertz CT molecular complexity index is 1680. The lowest BCUT2D eigenvalue weighted by Gasteiger charge is -2.21. The van der Waals surface area contributed by atoms with Gasteiger partial charge < -0.3 is 29.6 Å². The molecule has 3 aromatic heterocycles. The molecule has 2 aliphatic heterocycles. The van der Waals surface area contributed by atoms with Crippen LogP contribution in [0.1, 0.15) is 78.7 Å². The minimum Gasteiger partial charge on any atom is -0.369 e. The quantitative estimate of drug-likeness (QED) is 0.285. The number of hydrogen-bond donors (Lipinski definition) is 2. The van der Waals surface area contributed by atoms with Gasteiger partial charge in [0.05, 0.1) is 22.8 Å². The topological polar surface area (TPSA) is 122 Å². The molecule has 234 valence electrons. The summed E-state index contributed by atoms with van der Waals surface area (Å²) in [7, 11) is 0. The Hall–Kier alpha value is -4.48. The first kappa shape index (κ1) is 31.0. The van der Waals surface area contributed by atoms with Crippen LogP contribution < -0.4 is 9.80 Å². The number of fused-ring (bicyclic) bond motifs is 8. The fourth-order valence-electron chi connectivity index (χ4n) is 5.84. The van der Waals surface area contributed by atoms with Crippen LogP contribution in [0.25, 0.3) is 46.1 Å². The highest BCUT2D eigenvalue weighted by molar-refractivity contribution is 5.84. The van der Waals surface area contributed by atoms with Crippen molar-refractivity contribution in [3.63, 3.8) is 0 Å². The van der Waals surface area contributed by atoms with Crippen LogP contribution in [0.2, 0.25) is 0 Å². The molecule has 0 fully saturated rings. The standard InChI is InChI=1S/C32H46N12/c1-9-41(10-2)21-17-25-33-29(21)37-26-18-22(42(11-3)12-4)31(34-26)39-28-20-24(44(15-7)16-8)32(36-28)40-27-19-23(30(35-27)38-25)43(13-5)14-6/h17-20H,9-16H2,1-8H3,(H2,33,34,35,36,37,38,39,40). The van der Waals surface area contributed by atoms with E-state index in [-0.39, 0.29) is 0 Å². The van der Waals surface area contributed by atoms with Gasteiger partial charge in [-0.1, -0.05) is 0 Å². The molecule has 0 saturated heterocycles. The van der Waals surface area contributed by atoms with Crippen LogP contribution >= 0.6 is 0 Å². The zero-order valence-corrected chi connectivity index (χ0v) is 27.4. The lowest BCUT2D eigenvalue weighted by atomic mass is 10.3. The molecular formula is C32H46N12. The van der Waals surface area contributed by atoms with Gasteiger partial charge >= 0.3 is 0 Å². The first-order valence-corrected chi connectivity index (χ1v) is 16.1. The van der Waals surface area contributed by atoms with E-state index in [0.717, 1.165) is 80.8 Å². The largest absolute Gasteiger partial charge is 0.369 e. The van der Waals surface area contributed by atoms with E-state index in [1.165, 1.54) is 0 Å². The Morgan fingerprint density at radius 3 is 1.25 bits per heavy atom. The summed E-state index contributed by atoms with van der Waals surface area (Å²) in [5.74, 6) is 2.38. The Morgan fingerprint density at radius 2 is 0.818 bits per heavy atom. The molecule has 5 heterocycles. The van der Waals surface area contributed by atoms with E-state index in [0.29, 0.717) is 40.2 Å². The summed E-state index contributed by atoms with van der Waals surface area (Å²) in [6, 6.07) is 4.13. The van der Waals surface area contributed by atoms with Gasteiger partial charge in [-0.2, -0.15) is 0 Å². The molecule has 8 bridgehead atoms. The van der Waals surface area contributed by atoms with Gasteiger partial charge in [-0.3, -0.25) is 0 Å². The number of H-pyrrole nitrogens is 2. The third kappa shape index (κ3) is 5.97. The molecule has 2 aliphatic rings. The lowest BCUT2D eigenvalue weighted by Crippen LogP contribution is -2.21. The molecule has 12 heteroatoms. The van der Waals surface area contributed by atoms with Gasteiger partial charge in [0.2, 0.25) is 0 Å². The predicted molar refractivity (Wildman–Crippen MR) is 181 cm³/mol. The van der Waals surface area contributed by atoms with Crippen LogP contribution in [0.5, 0.6) is 0 Å². The molecule has 0 saturated carbocycles. The third-order valence-electron chi connectivity index (χ3n) is 8.28. The zero-order chi connectivity index (χ0) is 31.4. The number of nitrogens with one attached hydrogen (secondary N) is 2. The molecule has 0 aromatic carbocycles. The maximum absolute atomic E-state index is 5.08. The van der Waals surface area contributed by atoms with Gasteiger partial charge in [-0.25, -0.2) is 29.9 Å². The van der Waals surface area contributed by atoms with Crippen LogP contribution in [0, 0.1) is 0 Å². The van der Waals surface area contributed by atoms with Crippen molar-refractivity contribution in [1.82, 2.24) is 49.7 Å². The van der Waals surface area contributed by atoms with Crippen molar-refractivity contribution in [2.45, 2.75) is 55.4 Å². The van der Waals surface area contributed by atoms with Crippen LogP contribution in [0.15, 0.2) is 12.1 Å². The van der Waals surface area contributed by atoms with Crippen molar-refractivity contribution in [1.29, 1.82) is 0 Å². The van der Waals surface area contributed by atoms with E-state index in [1.54, 1.807) is 0 Å². The zero-order valence-electron chi connectivity index (χ0n) is 27.4. The Balaban J connectivity index is 1.90. The van der Waals surface area contributed by atoms with E-state index >= 15 is 0 Å². The van der Waals surface area contributed by atoms with Gasteiger partial charge in [0.1, 0.15) is 11.3 Å². The van der Waals surface area contributed by atoms with E-state index in [2.05, 4.69) is 97.1 Å². The fourth-order valence-corrected chi connectivity index (χ4v) is 5.84. The molecule has 0 unspecified atom stereocenters. The summed E-state index contributed by atoms with van der Waals surface area (Å²) in [6.07, 6.45) is 4.03. The Morgan fingerprint density at radius 1 is 0.455 bits per heavy atom. The first-order chi connectivity index (χ1) is 21.4. The summed E-state index contributed by atoms with van der Waals surface area (Å²) in [5, 5.41) is 0. The van der Waals surface area contributed by atoms with Crippen molar-refractivity contribution in [3.05, 3.63) is 35.4 Å². The number of hydrogen-bond acceptors (Lipinski definition) is 10. The molecule has 0 atom stereocenters. The summed E-state index contributed by atoms with van der Waals surface area (Å²) in [6.45, 7) is 23.8. The van der Waals surface area contributed by atoms with Gasteiger partial charge in [0, 0.05) is 76.6 Å². The maximum Gasteiger partial charge on any atom is 0.180 e. The molecule has 0 amide bonds. The highest BCUT2D eigenvalue weighted by atomic mass is 15.2. The van der Waals surface area contributed by atoms with Crippen molar-refractivity contribution in [2.24, 2.45) is 0 Å². The van der Waals surface area contributed by atoms with Gasteiger partial charge in [-0.15, -0.1) is 0 Å². The normalized spacial score (nSPS) is 12.6. The molecule has 12 nitrogen and oxygen atoms in total. The molecular weight excluding hydrogens is 552 g/mol. The van der Waals surface area contributed by atoms with Crippen molar-refractivity contribution < 1.29 is 0 Å². The van der Waals surface area contributed by atoms with E-state index in [1.807, 2.05) is 12.2 Å². The molecule has 0 radical (unpaired) electrons. The fraction of sp³-hybridized carbons (Fsp3) is 0.500. The average Bonchev–Trinajstić information content (AvgIpc) is 3.80. The molecule has 0 aliphatic carbocycles. The smallest absolute Gasteiger partial charge is 0.180 e. The number of aromatic amines is 2.